The Balaban J connectivity index is 1.93. The highest BCUT2D eigenvalue weighted by molar-refractivity contribution is 7.80. The van der Waals surface area contributed by atoms with Gasteiger partial charge in [-0.2, -0.15) is 0 Å². The molecule has 0 aliphatic rings. The molecule has 0 amide bonds. The van der Waals surface area contributed by atoms with Crippen LogP contribution in [0.1, 0.15) is 5.56 Å². The molecule has 0 spiro atoms. The second-order valence-corrected chi connectivity index (χ2v) is 4.82. The fourth-order valence-electron chi connectivity index (χ4n) is 1.79. The fourth-order valence-corrected chi connectivity index (χ4v) is 1.96. The van der Waals surface area contributed by atoms with Crippen molar-refractivity contribution in [3.05, 3.63) is 53.8 Å². The van der Waals surface area contributed by atoms with Gasteiger partial charge in [0.2, 0.25) is 0 Å². The van der Waals surface area contributed by atoms with E-state index in [9.17, 15) is 4.39 Å². The molecule has 0 atom stereocenters. The van der Waals surface area contributed by atoms with E-state index in [4.69, 9.17) is 32.2 Å². The smallest absolute Gasteiger partial charge is 0.133 e. The van der Waals surface area contributed by atoms with Gasteiger partial charge in [-0.3, -0.25) is 0 Å². The summed E-state index contributed by atoms with van der Waals surface area (Å²) in [5.41, 5.74) is 6.30. The zero-order chi connectivity index (χ0) is 15.9. The molecule has 0 saturated heterocycles. The molecule has 0 fully saturated rings. The van der Waals surface area contributed by atoms with Gasteiger partial charge in [-0.25, -0.2) is 4.39 Å². The molecule has 4 nitrogen and oxygen atoms in total. The summed E-state index contributed by atoms with van der Waals surface area (Å²) in [6, 6.07) is 11.0. The first kappa shape index (κ1) is 16.0. The molecule has 0 aliphatic heterocycles. The van der Waals surface area contributed by atoms with Crippen LogP contribution in [0.25, 0.3) is 0 Å². The highest BCUT2D eigenvalue weighted by atomic mass is 32.1. The minimum Gasteiger partial charge on any atom is -0.497 e. The van der Waals surface area contributed by atoms with Crippen LogP contribution in [0.4, 0.5) is 4.39 Å². The SMILES string of the molecule is COc1ccc(C(N)=S)c(OCCOc2ccc(F)cc2)c1. The molecule has 0 aromatic heterocycles. The standard InChI is InChI=1S/C16H16FNO3S/c1-19-13-6-7-14(16(18)22)15(10-13)21-9-8-20-12-4-2-11(17)3-5-12/h2-7,10H,8-9H2,1H3,(H2,18,22). The second-order valence-electron chi connectivity index (χ2n) is 4.38. The summed E-state index contributed by atoms with van der Waals surface area (Å²) < 4.78 is 29.0. The van der Waals surface area contributed by atoms with Crippen LogP contribution in [0.2, 0.25) is 0 Å². The molecule has 0 aliphatic carbocycles. The topological polar surface area (TPSA) is 53.7 Å². The van der Waals surface area contributed by atoms with E-state index in [2.05, 4.69) is 0 Å². The molecule has 0 heterocycles. The molecular weight excluding hydrogens is 305 g/mol. The van der Waals surface area contributed by atoms with Gasteiger partial charge in [-0.15, -0.1) is 0 Å². The summed E-state index contributed by atoms with van der Waals surface area (Å²) in [6.45, 7) is 0.597. The summed E-state index contributed by atoms with van der Waals surface area (Å²) in [4.78, 5) is 0.247. The van der Waals surface area contributed by atoms with Gasteiger partial charge in [-0.05, 0) is 36.4 Å². The van der Waals surface area contributed by atoms with Crippen molar-refractivity contribution in [3.63, 3.8) is 0 Å². The number of methoxy groups -OCH3 is 1. The van der Waals surface area contributed by atoms with Gasteiger partial charge in [0.1, 0.15) is 41.3 Å². The van der Waals surface area contributed by atoms with Crippen LogP contribution < -0.4 is 19.9 Å². The number of hydrogen-bond donors (Lipinski definition) is 1. The number of ether oxygens (including phenoxy) is 3. The predicted molar refractivity (Wildman–Crippen MR) is 86.3 cm³/mol. The van der Waals surface area contributed by atoms with E-state index < -0.39 is 0 Å². The Labute approximate surface area is 133 Å². The fraction of sp³-hybridized carbons (Fsp3) is 0.188. The van der Waals surface area contributed by atoms with Crippen LogP contribution in [0.15, 0.2) is 42.5 Å². The van der Waals surface area contributed by atoms with Gasteiger partial charge in [-0.1, -0.05) is 12.2 Å². The average molecular weight is 321 g/mol. The molecule has 0 bridgehead atoms. The Morgan fingerprint density at radius 1 is 1.05 bits per heavy atom. The summed E-state index contributed by atoms with van der Waals surface area (Å²) in [6.07, 6.45) is 0. The first-order valence-corrected chi connectivity index (χ1v) is 7.00. The van der Waals surface area contributed by atoms with Gasteiger partial charge in [0.15, 0.2) is 0 Å². The molecule has 2 aromatic rings. The van der Waals surface area contributed by atoms with Gasteiger partial charge >= 0.3 is 0 Å². The Morgan fingerprint density at radius 3 is 2.32 bits per heavy atom. The number of thiocarbonyl (C=S) groups is 1. The third kappa shape index (κ3) is 4.33. The zero-order valence-corrected chi connectivity index (χ0v) is 12.9. The second kappa shape index (κ2) is 7.61. The van der Waals surface area contributed by atoms with Crippen molar-refractivity contribution in [2.75, 3.05) is 20.3 Å². The van der Waals surface area contributed by atoms with Crippen LogP contribution in [0.3, 0.4) is 0 Å². The van der Waals surface area contributed by atoms with E-state index in [1.807, 2.05) is 0 Å². The molecule has 0 radical (unpaired) electrons. The van der Waals surface area contributed by atoms with Crippen molar-refractivity contribution in [1.82, 2.24) is 0 Å². The van der Waals surface area contributed by atoms with Crippen LogP contribution in [-0.4, -0.2) is 25.3 Å². The number of nitrogens with two attached hydrogens (primary N) is 1. The van der Waals surface area contributed by atoms with Crippen molar-refractivity contribution in [2.24, 2.45) is 5.73 Å². The predicted octanol–water partition coefficient (Wildman–Crippen LogP) is 2.93. The maximum atomic E-state index is 12.8. The van der Waals surface area contributed by atoms with Gasteiger partial charge < -0.3 is 19.9 Å². The molecule has 2 aromatic carbocycles. The van der Waals surface area contributed by atoms with Crippen LogP contribution in [0.5, 0.6) is 17.2 Å². The quantitative estimate of drug-likeness (QED) is 0.628. The van der Waals surface area contributed by atoms with Gasteiger partial charge in [0.05, 0.1) is 12.7 Å². The normalized spacial score (nSPS) is 10.1. The molecule has 116 valence electrons. The molecule has 2 N–H and O–H groups in total. The highest BCUT2D eigenvalue weighted by Crippen LogP contribution is 2.24. The van der Waals surface area contributed by atoms with E-state index >= 15 is 0 Å². The van der Waals surface area contributed by atoms with E-state index in [1.54, 1.807) is 37.4 Å². The number of benzene rings is 2. The lowest BCUT2D eigenvalue weighted by atomic mass is 10.2. The monoisotopic (exact) mass is 321 g/mol. The minimum absolute atomic E-state index is 0.247. The van der Waals surface area contributed by atoms with Crippen molar-refractivity contribution >= 4 is 17.2 Å². The summed E-state index contributed by atoms with van der Waals surface area (Å²) >= 11 is 4.99. The van der Waals surface area contributed by atoms with E-state index in [0.29, 0.717) is 36.0 Å². The van der Waals surface area contributed by atoms with Gasteiger partial charge in [0.25, 0.3) is 0 Å². The van der Waals surface area contributed by atoms with E-state index in [0.717, 1.165) is 0 Å². The first-order valence-electron chi connectivity index (χ1n) is 6.59. The molecule has 0 saturated carbocycles. The lowest BCUT2D eigenvalue weighted by Gasteiger charge is -2.12. The molecule has 22 heavy (non-hydrogen) atoms. The molecular formula is C16H16FNO3S. The Hall–Kier alpha value is -2.34. The Morgan fingerprint density at radius 2 is 1.68 bits per heavy atom. The summed E-state index contributed by atoms with van der Waals surface area (Å²) in [5.74, 6) is 1.45. The van der Waals surface area contributed by atoms with Crippen molar-refractivity contribution in [3.8, 4) is 17.2 Å². The lowest BCUT2D eigenvalue weighted by Crippen LogP contribution is -2.14. The third-order valence-electron chi connectivity index (χ3n) is 2.88. The summed E-state index contributed by atoms with van der Waals surface area (Å²) in [7, 11) is 1.57. The molecule has 6 heteroatoms. The average Bonchev–Trinajstić information content (AvgIpc) is 2.52. The highest BCUT2D eigenvalue weighted by Gasteiger charge is 2.08. The Kier molecular flexibility index (Phi) is 5.55. The Bertz CT molecular complexity index is 646. The van der Waals surface area contributed by atoms with Crippen molar-refractivity contribution in [1.29, 1.82) is 0 Å². The molecule has 2 rings (SSSR count). The van der Waals surface area contributed by atoms with E-state index in [1.165, 1.54) is 12.1 Å². The minimum atomic E-state index is -0.305. The largest absolute Gasteiger partial charge is 0.497 e. The number of hydrogen-bond acceptors (Lipinski definition) is 4. The summed E-state index contributed by atoms with van der Waals surface area (Å²) in [5, 5.41) is 0. The van der Waals surface area contributed by atoms with Crippen LogP contribution >= 0.6 is 12.2 Å². The first-order chi connectivity index (χ1) is 10.6. The van der Waals surface area contributed by atoms with Crippen molar-refractivity contribution < 1.29 is 18.6 Å². The maximum Gasteiger partial charge on any atom is 0.133 e. The maximum absolute atomic E-state index is 12.8. The van der Waals surface area contributed by atoms with E-state index in [-0.39, 0.29) is 10.8 Å². The number of rotatable bonds is 7. The lowest BCUT2D eigenvalue weighted by molar-refractivity contribution is 0.216. The van der Waals surface area contributed by atoms with Crippen LogP contribution in [0, 0.1) is 5.82 Å². The van der Waals surface area contributed by atoms with Gasteiger partial charge in [0, 0.05) is 6.07 Å². The third-order valence-corrected chi connectivity index (χ3v) is 3.10. The van der Waals surface area contributed by atoms with Crippen LogP contribution in [-0.2, 0) is 0 Å². The zero-order valence-electron chi connectivity index (χ0n) is 12.0. The number of halogens is 1. The molecule has 0 unspecified atom stereocenters. The van der Waals surface area contributed by atoms with Crippen molar-refractivity contribution in [2.45, 2.75) is 0 Å².